The Morgan fingerprint density at radius 2 is 2.06 bits per heavy atom. The van der Waals surface area contributed by atoms with Crippen molar-refractivity contribution in [2.24, 2.45) is 5.10 Å². The molecule has 16 heavy (non-hydrogen) atoms. The van der Waals surface area contributed by atoms with Crippen LogP contribution in [0.15, 0.2) is 27.9 Å². The first-order valence-electron chi connectivity index (χ1n) is 6.06. The first-order chi connectivity index (χ1) is 7.68. The van der Waals surface area contributed by atoms with Crippen LogP contribution in [0.4, 0.5) is 0 Å². The van der Waals surface area contributed by atoms with Gasteiger partial charge in [0.15, 0.2) is 0 Å². The van der Waals surface area contributed by atoms with E-state index in [1.807, 2.05) is 19.1 Å². The van der Waals surface area contributed by atoms with Gasteiger partial charge >= 0.3 is 0 Å². The van der Waals surface area contributed by atoms with Crippen LogP contribution in [0.5, 0.6) is 0 Å². The average Bonchev–Trinajstić information content (AvgIpc) is 2.76. The summed E-state index contributed by atoms with van der Waals surface area (Å²) in [6.45, 7) is 6.50. The zero-order valence-corrected chi connectivity index (χ0v) is 10.3. The van der Waals surface area contributed by atoms with Crippen LogP contribution in [0.2, 0.25) is 0 Å². The Hall–Kier alpha value is -1.25. The average molecular weight is 220 g/mol. The van der Waals surface area contributed by atoms with Crippen LogP contribution in [0.25, 0.3) is 0 Å². The third kappa shape index (κ3) is 2.29. The van der Waals surface area contributed by atoms with Crippen molar-refractivity contribution in [2.45, 2.75) is 52.1 Å². The van der Waals surface area contributed by atoms with Crippen LogP contribution in [0.1, 0.15) is 45.8 Å². The molecule has 1 aromatic rings. The fourth-order valence-corrected chi connectivity index (χ4v) is 2.31. The van der Waals surface area contributed by atoms with Gasteiger partial charge in [-0.05, 0) is 52.2 Å². The van der Waals surface area contributed by atoms with Crippen molar-refractivity contribution in [3.8, 4) is 0 Å². The molecule has 0 aliphatic carbocycles. The summed E-state index contributed by atoms with van der Waals surface area (Å²) >= 11 is 0. The lowest BCUT2D eigenvalue weighted by Crippen LogP contribution is -2.40. The fourth-order valence-electron chi connectivity index (χ4n) is 2.31. The van der Waals surface area contributed by atoms with Crippen molar-refractivity contribution in [3.63, 3.8) is 0 Å². The second-order valence-electron chi connectivity index (χ2n) is 4.67. The summed E-state index contributed by atoms with van der Waals surface area (Å²) < 4.78 is 5.35. The SMILES string of the molecule is C/C(=N\N1C(C)CCCC1C)c1ccco1. The third-order valence-corrected chi connectivity index (χ3v) is 3.29. The van der Waals surface area contributed by atoms with Gasteiger partial charge in [0, 0.05) is 12.1 Å². The minimum atomic E-state index is 0.536. The minimum Gasteiger partial charge on any atom is -0.463 e. The van der Waals surface area contributed by atoms with Gasteiger partial charge in [-0.15, -0.1) is 0 Å². The van der Waals surface area contributed by atoms with Crippen molar-refractivity contribution < 1.29 is 4.42 Å². The monoisotopic (exact) mass is 220 g/mol. The van der Waals surface area contributed by atoms with Crippen molar-refractivity contribution >= 4 is 5.71 Å². The molecule has 0 amide bonds. The lowest BCUT2D eigenvalue weighted by Gasteiger charge is -2.37. The van der Waals surface area contributed by atoms with Crippen LogP contribution in [-0.2, 0) is 0 Å². The third-order valence-electron chi connectivity index (χ3n) is 3.29. The van der Waals surface area contributed by atoms with Crippen LogP contribution in [0, 0.1) is 0 Å². The maximum absolute atomic E-state index is 5.35. The molecule has 1 aromatic heterocycles. The molecule has 0 N–H and O–H groups in total. The fraction of sp³-hybridized carbons (Fsp3) is 0.615. The van der Waals surface area contributed by atoms with Gasteiger partial charge in [-0.25, -0.2) is 0 Å². The molecule has 1 saturated heterocycles. The molecule has 2 heterocycles. The lowest BCUT2D eigenvalue weighted by atomic mass is 10.00. The summed E-state index contributed by atoms with van der Waals surface area (Å²) in [5, 5.41) is 6.92. The van der Waals surface area contributed by atoms with E-state index < -0.39 is 0 Å². The summed E-state index contributed by atoms with van der Waals surface area (Å²) in [4.78, 5) is 0. The Kier molecular flexibility index (Phi) is 3.32. The predicted molar refractivity (Wildman–Crippen MR) is 65.5 cm³/mol. The van der Waals surface area contributed by atoms with Crippen LogP contribution in [0.3, 0.4) is 0 Å². The number of hydrogen-bond acceptors (Lipinski definition) is 3. The van der Waals surface area contributed by atoms with Gasteiger partial charge in [0.1, 0.15) is 5.76 Å². The van der Waals surface area contributed by atoms with E-state index in [9.17, 15) is 0 Å². The topological polar surface area (TPSA) is 28.7 Å². The van der Waals surface area contributed by atoms with Gasteiger partial charge in [0.2, 0.25) is 0 Å². The van der Waals surface area contributed by atoms with Crippen LogP contribution < -0.4 is 0 Å². The molecule has 3 nitrogen and oxygen atoms in total. The van der Waals surface area contributed by atoms with E-state index in [4.69, 9.17) is 9.52 Å². The van der Waals surface area contributed by atoms with Gasteiger partial charge in [-0.2, -0.15) is 5.10 Å². The highest BCUT2D eigenvalue weighted by atomic mass is 16.3. The molecule has 0 saturated carbocycles. The zero-order valence-electron chi connectivity index (χ0n) is 10.3. The van der Waals surface area contributed by atoms with Crippen molar-refractivity contribution in [2.75, 3.05) is 0 Å². The molecular formula is C13H20N2O. The Morgan fingerprint density at radius 3 is 2.62 bits per heavy atom. The van der Waals surface area contributed by atoms with Gasteiger partial charge in [-0.1, -0.05) is 0 Å². The maximum Gasteiger partial charge on any atom is 0.149 e. The van der Waals surface area contributed by atoms with E-state index in [0.29, 0.717) is 12.1 Å². The molecule has 1 aliphatic rings. The Labute approximate surface area is 97.1 Å². The first kappa shape index (κ1) is 11.2. The van der Waals surface area contributed by atoms with Gasteiger partial charge < -0.3 is 4.42 Å². The number of nitrogens with zero attached hydrogens (tertiary/aromatic N) is 2. The molecule has 0 aromatic carbocycles. The first-order valence-corrected chi connectivity index (χ1v) is 6.06. The summed E-state index contributed by atoms with van der Waals surface area (Å²) in [6.07, 6.45) is 5.48. The summed E-state index contributed by atoms with van der Waals surface area (Å²) in [5.41, 5.74) is 0.964. The maximum atomic E-state index is 5.35. The molecule has 2 atom stereocenters. The van der Waals surface area contributed by atoms with Gasteiger partial charge in [0.25, 0.3) is 0 Å². The van der Waals surface area contributed by atoms with Crippen molar-refractivity contribution in [3.05, 3.63) is 24.2 Å². The van der Waals surface area contributed by atoms with Crippen LogP contribution >= 0.6 is 0 Å². The number of hydrazone groups is 1. The van der Waals surface area contributed by atoms with Crippen LogP contribution in [-0.4, -0.2) is 22.8 Å². The molecule has 1 fully saturated rings. The molecule has 88 valence electrons. The number of furan rings is 1. The Bertz CT molecular complexity index is 346. The van der Waals surface area contributed by atoms with E-state index in [1.165, 1.54) is 19.3 Å². The second-order valence-corrected chi connectivity index (χ2v) is 4.67. The van der Waals surface area contributed by atoms with E-state index in [1.54, 1.807) is 6.26 Å². The highest BCUT2D eigenvalue weighted by molar-refractivity contribution is 5.95. The van der Waals surface area contributed by atoms with Crippen molar-refractivity contribution in [1.29, 1.82) is 0 Å². The highest BCUT2D eigenvalue weighted by Gasteiger charge is 2.23. The Balaban J connectivity index is 2.15. The standard InChI is InChI=1S/C13H20N2O/c1-10-6-4-7-11(2)15(10)14-12(3)13-8-5-9-16-13/h5,8-11H,4,6-7H2,1-3H3/b14-12+. The molecule has 2 rings (SSSR count). The van der Waals surface area contributed by atoms with E-state index in [-0.39, 0.29) is 0 Å². The van der Waals surface area contributed by atoms with E-state index in [0.717, 1.165) is 11.5 Å². The summed E-state index contributed by atoms with van der Waals surface area (Å²) in [7, 11) is 0. The molecule has 2 unspecified atom stereocenters. The van der Waals surface area contributed by atoms with E-state index in [2.05, 4.69) is 18.9 Å². The number of piperidine rings is 1. The largest absolute Gasteiger partial charge is 0.463 e. The van der Waals surface area contributed by atoms with Gasteiger partial charge in [-0.3, -0.25) is 5.01 Å². The highest BCUT2D eigenvalue weighted by Crippen LogP contribution is 2.23. The zero-order chi connectivity index (χ0) is 11.5. The smallest absolute Gasteiger partial charge is 0.149 e. The lowest BCUT2D eigenvalue weighted by molar-refractivity contribution is 0.108. The van der Waals surface area contributed by atoms with Crippen molar-refractivity contribution in [1.82, 2.24) is 5.01 Å². The minimum absolute atomic E-state index is 0.536. The van der Waals surface area contributed by atoms with Gasteiger partial charge in [0.05, 0.1) is 12.0 Å². The number of rotatable bonds is 2. The molecule has 0 radical (unpaired) electrons. The molecule has 3 heteroatoms. The Morgan fingerprint density at radius 1 is 1.38 bits per heavy atom. The summed E-state index contributed by atoms with van der Waals surface area (Å²) in [6, 6.07) is 4.93. The quantitative estimate of drug-likeness (QED) is 0.716. The normalized spacial score (nSPS) is 27.2. The molecule has 1 aliphatic heterocycles. The summed E-state index contributed by atoms with van der Waals surface area (Å²) in [5.74, 6) is 0.866. The molecular weight excluding hydrogens is 200 g/mol. The number of hydrogen-bond donors (Lipinski definition) is 0. The van der Waals surface area contributed by atoms with E-state index >= 15 is 0 Å². The predicted octanol–water partition coefficient (Wildman–Crippen LogP) is 3.27. The second kappa shape index (κ2) is 4.73. The molecule has 0 spiro atoms. The molecule has 0 bridgehead atoms.